The zero-order valence-corrected chi connectivity index (χ0v) is 15.1. The molecule has 0 spiro atoms. The molecule has 2 aromatic carbocycles. The molecule has 0 aliphatic carbocycles. The lowest BCUT2D eigenvalue weighted by molar-refractivity contribution is -0.117. The molecular weight excluding hydrogens is 346 g/mol. The third kappa shape index (κ3) is 3.69. The Labute approximate surface area is 157 Å². The van der Waals surface area contributed by atoms with Gasteiger partial charge in [0, 0.05) is 18.1 Å². The monoisotopic (exact) mass is 367 g/mol. The quantitative estimate of drug-likeness (QED) is 0.841. The van der Waals surface area contributed by atoms with Gasteiger partial charge in [-0.05, 0) is 29.8 Å². The number of hydrogen-bond acceptors (Lipinski definition) is 5. The Balaban J connectivity index is 1.48. The zero-order valence-electron chi connectivity index (χ0n) is 15.1. The van der Waals surface area contributed by atoms with Crippen LogP contribution in [0.1, 0.15) is 23.6 Å². The van der Waals surface area contributed by atoms with Crippen molar-refractivity contribution in [1.82, 2.24) is 5.32 Å². The average molecular weight is 367 g/mol. The molecule has 2 heterocycles. The first-order valence-electron chi connectivity index (χ1n) is 8.92. The van der Waals surface area contributed by atoms with Crippen molar-refractivity contribution in [3.8, 4) is 23.0 Å². The Kier molecular flexibility index (Phi) is 4.87. The molecule has 27 heavy (non-hydrogen) atoms. The maximum atomic E-state index is 12.4. The highest BCUT2D eigenvalue weighted by atomic mass is 16.6. The number of methoxy groups -OCH3 is 1. The molecule has 6 heteroatoms. The third-order valence-corrected chi connectivity index (χ3v) is 4.55. The minimum Gasteiger partial charge on any atom is -0.493 e. The van der Waals surface area contributed by atoms with Crippen molar-refractivity contribution in [2.24, 2.45) is 0 Å². The minimum atomic E-state index is -0.162. The molecular formula is C21H21NO5. The van der Waals surface area contributed by atoms with Crippen molar-refractivity contribution < 1.29 is 23.7 Å². The van der Waals surface area contributed by atoms with E-state index in [0.29, 0.717) is 37.1 Å². The summed E-state index contributed by atoms with van der Waals surface area (Å²) in [6.07, 6.45) is 4.00. The Morgan fingerprint density at radius 2 is 1.93 bits per heavy atom. The summed E-state index contributed by atoms with van der Waals surface area (Å²) in [5, 5.41) is 3.04. The molecule has 0 saturated carbocycles. The van der Waals surface area contributed by atoms with Gasteiger partial charge in [-0.25, -0.2) is 0 Å². The number of carbonyl (C=O) groups is 1. The first-order chi connectivity index (χ1) is 13.2. The van der Waals surface area contributed by atoms with E-state index in [1.165, 1.54) is 6.08 Å². The molecule has 0 fully saturated rings. The number of fused-ring (bicyclic) bond motifs is 2. The standard InChI is InChI=1S/C21H21NO5/c1-24-18-12-14(13-19-21(18)27-11-10-26-19)6-7-20(23)22-16-8-9-25-17-5-3-2-4-15(16)17/h2-7,12-13,16H,8-11H2,1H3,(H,22,23)/b7-6+/t16-/m1/s1. The van der Waals surface area contributed by atoms with Gasteiger partial charge in [-0.1, -0.05) is 18.2 Å². The zero-order chi connectivity index (χ0) is 18.6. The summed E-state index contributed by atoms with van der Waals surface area (Å²) in [5.74, 6) is 2.48. The number of hydrogen-bond donors (Lipinski definition) is 1. The van der Waals surface area contributed by atoms with Crippen LogP contribution in [0.3, 0.4) is 0 Å². The number of nitrogens with one attached hydrogen (secondary N) is 1. The lowest BCUT2D eigenvalue weighted by Crippen LogP contribution is -2.30. The van der Waals surface area contributed by atoms with Crippen LogP contribution in [0.4, 0.5) is 0 Å². The van der Waals surface area contributed by atoms with Crippen LogP contribution in [0.15, 0.2) is 42.5 Å². The fourth-order valence-corrected chi connectivity index (χ4v) is 3.27. The van der Waals surface area contributed by atoms with Gasteiger partial charge in [0.15, 0.2) is 11.5 Å². The van der Waals surface area contributed by atoms with Crippen molar-refractivity contribution in [3.63, 3.8) is 0 Å². The molecule has 0 aromatic heterocycles. The van der Waals surface area contributed by atoms with Crippen LogP contribution in [0.25, 0.3) is 6.08 Å². The highest BCUT2D eigenvalue weighted by Gasteiger charge is 2.22. The molecule has 1 amide bonds. The van der Waals surface area contributed by atoms with Gasteiger partial charge >= 0.3 is 0 Å². The molecule has 2 aliphatic heterocycles. The number of amides is 1. The lowest BCUT2D eigenvalue weighted by atomic mass is 10.0. The number of benzene rings is 2. The number of rotatable bonds is 4. The van der Waals surface area contributed by atoms with Crippen LogP contribution in [-0.2, 0) is 4.79 Å². The summed E-state index contributed by atoms with van der Waals surface area (Å²) >= 11 is 0. The topological polar surface area (TPSA) is 66.0 Å². The largest absolute Gasteiger partial charge is 0.493 e. The van der Waals surface area contributed by atoms with Gasteiger partial charge in [-0.15, -0.1) is 0 Å². The summed E-state index contributed by atoms with van der Waals surface area (Å²) in [4.78, 5) is 12.4. The molecule has 1 N–H and O–H groups in total. The van der Waals surface area contributed by atoms with E-state index in [1.807, 2.05) is 36.4 Å². The molecule has 1 atom stereocenters. The molecule has 0 saturated heterocycles. The van der Waals surface area contributed by atoms with E-state index < -0.39 is 0 Å². The highest BCUT2D eigenvalue weighted by Crippen LogP contribution is 2.40. The second-order valence-electron chi connectivity index (χ2n) is 6.32. The molecule has 140 valence electrons. The van der Waals surface area contributed by atoms with Gasteiger partial charge in [-0.3, -0.25) is 4.79 Å². The fourth-order valence-electron chi connectivity index (χ4n) is 3.27. The lowest BCUT2D eigenvalue weighted by Gasteiger charge is -2.26. The Bertz CT molecular complexity index is 860. The molecule has 0 bridgehead atoms. The fraction of sp³-hybridized carbons (Fsp3) is 0.286. The predicted octanol–water partition coefficient (Wildman–Crippen LogP) is 3.12. The number of carbonyl (C=O) groups excluding carboxylic acids is 1. The van der Waals surface area contributed by atoms with Gasteiger partial charge in [0.1, 0.15) is 19.0 Å². The highest BCUT2D eigenvalue weighted by molar-refractivity contribution is 5.92. The van der Waals surface area contributed by atoms with Gasteiger partial charge in [0.25, 0.3) is 0 Å². The summed E-state index contributed by atoms with van der Waals surface area (Å²) in [5.41, 5.74) is 1.81. The van der Waals surface area contributed by atoms with Crippen LogP contribution in [0.5, 0.6) is 23.0 Å². The molecule has 4 rings (SSSR count). The van der Waals surface area contributed by atoms with E-state index in [1.54, 1.807) is 13.2 Å². The predicted molar refractivity (Wildman–Crippen MR) is 100 cm³/mol. The molecule has 2 aromatic rings. The Hall–Kier alpha value is -3.15. The van der Waals surface area contributed by atoms with Crippen LogP contribution in [0.2, 0.25) is 0 Å². The van der Waals surface area contributed by atoms with Crippen molar-refractivity contribution in [1.29, 1.82) is 0 Å². The van der Waals surface area contributed by atoms with Gasteiger partial charge in [0.05, 0.1) is 19.8 Å². The van der Waals surface area contributed by atoms with Gasteiger partial charge in [0.2, 0.25) is 11.7 Å². The maximum Gasteiger partial charge on any atom is 0.244 e. The van der Waals surface area contributed by atoms with Crippen molar-refractivity contribution >= 4 is 12.0 Å². The van der Waals surface area contributed by atoms with Crippen molar-refractivity contribution in [2.45, 2.75) is 12.5 Å². The van der Waals surface area contributed by atoms with E-state index >= 15 is 0 Å². The van der Waals surface area contributed by atoms with Gasteiger partial charge < -0.3 is 24.3 Å². The molecule has 6 nitrogen and oxygen atoms in total. The van der Waals surface area contributed by atoms with Crippen molar-refractivity contribution in [3.05, 3.63) is 53.6 Å². The number of para-hydroxylation sites is 1. The van der Waals surface area contributed by atoms with E-state index in [2.05, 4.69) is 5.32 Å². The number of ether oxygens (including phenoxy) is 4. The third-order valence-electron chi connectivity index (χ3n) is 4.55. The maximum absolute atomic E-state index is 12.4. The van der Waals surface area contributed by atoms with E-state index in [0.717, 1.165) is 23.3 Å². The molecule has 2 aliphatic rings. The van der Waals surface area contributed by atoms with Crippen LogP contribution in [-0.4, -0.2) is 32.8 Å². The van der Waals surface area contributed by atoms with Crippen LogP contribution >= 0.6 is 0 Å². The Morgan fingerprint density at radius 1 is 1.11 bits per heavy atom. The van der Waals surface area contributed by atoms with Crippen LogP contribution < -0.4 is 24.3 Å². The van der Waals surface area contributed by atoms with Crippen LogP contribution in [0, 0.1) is 0 Å². The first kappa shape index (κ1) is 17.3. The average Bonchev–Trinajstić information content (AvgIpc) is 2.72. The smallest absolute Gasteiger partial charge is 0.244 e. The van der Waals surface area contributed by atoms with E-state index in [4.69, 9.17) is 18.9 Å². The summed E-state index contributed by atoms with van der Waals surface area (Å²) in [6.45, 7) is 1.57. The normalized spacial score (nSPS) is 17.7. The van der Waals surface area contributed by atoms with E-state index in [9.17, 15) is 4.79 Å². The van der Waals surface area contributed by atoms with E-state index in [-0.39, 0.29) is 11.9 Å². The SMILES string of the molecule is COc1cc(/C=C/C(=O)N[C@@H]2CCOc3ccccc32)cc2c1OCCO2. The van der Waals surface area contributed by atoms with Gasteiger partial charge in [-0.2, -0.15) is 0 Å². The van der Waals surface area contributed by atoms with Crippen molar-refractivity contribution in [2.75, 3.05) is 26.9 Å². The molecule has 0 unspecified atom stereocenters. The molecule has 0 radical (unpaired) electrons. The first-order valence-corrected chi connectivity index (χ1v) is 8.92. The summed E-state index contributed by atoms with van der Waals surface area (Å²) in [7, 11) is 1.58. The summed E-state index contributed by atoms with van der Waals surface area (Å²) in [6, 6.07) is 11.4. The Morgan fingerprint density at radius 3 is 2.81 bits per heavy atom. The second kappa shape index (κ2) is 7.61. The minimum absolute atomic E-state index is 0.0538. The summed E-state index contributed by atoms with van der Waals surface area (Å²) < 4.78 is 22.2. The second-order valence-corrected chi connectivity index (χ2v) is 6.32.